The fourth-order valence-corrected chi connectivity index (χ4v) is 5.18. The number of carbonyl (C=O) groups excluding carboxylic acids is 2. The maximum atomic E-state index is 13.7. The molecule has 0 saturated heterocycles. The number of ketones is 1. The summed E-state index contributed by atoms with van der Waals surface area (Å²) in [4.78, 5) is 43.2. The van der Waals surface area contributed by atoms with Crippen molar-refractivity contribution in [3.05, 3.63) is 86.0 Å². The van der Waals surface area contributed by atoms with Gasteiger partial charge in [0.25, 0.3) is 0 Å². The van der Waals surface area contributed by atoms with Crippen LogP contribution in [-0.4, -0.2) is 46.3 Å². The van der Waals surface area contributed by atoms with Crippen molar-refractivity contribution in [3.8, 4) is 23.0 Å². The predicted molar refractivity (Wildman–Crippen MR) is 145 cm³/mol. The number of ether oxygens (including phenoxy) is 3. The Kier molecular flexibility index (Phi) is 7.14. The van der Waals surface area contributed by atoms with Crippen LogP contribution in [0, 0.1) is 6.92 Å². The minimum absolute atomic E-state index is 0.0457. The number of phenolic OH excluding ortho intramolecular Hbond substituents is 2. The number of carbonyl (C=O) groups is 2. The van der Waals surface area contributed by atoms with Crippen LogP contribution in [0.4, 0.5) is 0 Å². The average Bonchev–Trinajstić information content (AvgIpc) is 3.39. The van der Waals surface area contributed by atoms with Gasteiger partial charge in [-0.15, -0.1) is 0 Å². The van der Waals surface area contributed by atoms with Crippen molar-refractivity contribution in [3.63, 3.8) is 0 Å². The van der Waals surface area contributed by atoms with E-state index < -0.39 is 47.1 Å². The van der Waals surface area contributed by atoms with Gasteiger partial charge in [-0.1, -0.05) is 0 Å². The maximum Gasteiger partial charge on any atom is 0.306 e. The zero-order chi connectivity index (χ0) is 29.6. The number of hydrogen-bond acceptors (Lipinski definition) is 11. The molecule has 11 nitrogen and oxygen atoms in total. The van der Waals surface area contributed by atoms with Crippen LogP contribution >= 0.6 is 0 Å². The Balaban J connectivity index is 1.80. The van der Waals surface area contributed by atoms with Crippen LogP contribution in [0.25, 0.3) is 11.0 Å². The van der Waals surface area contributed by atoms with Crippen LogP contribution in [0.1, 0.15) is 69.2 Å². The second-order valence-corrected chi connectivity index (χ2v) is 9.72. The van der Waals surface area contributed by atoms with Crippen molar-refractivity contribution in [2.45, 2.75) is 38.9 Å². The first kappa shape index (κ1) is 27.7. The van der Waals surface area contributed by atoms with Gasteiger partial charge in [0.2, 0.25) is 0 Å². The molecule has 0 saturated carbocycles. The second kappa shape index (κ2) is 10.6. The monoisotopic (exact) mass is 561 g/mol. The van der Waals surface area contributed by atoms with Gasteiger partial charge < -0.3 is 33.9 Å². The van der Waals surface area contributed by atoms with E-state index in [0.717, 1.165) is 13.4 Å². The van der Waals surface area contributed by atoms with Gasteiger partial charge in [-0.3, -0.25) is 19.4 Å². The molecular formula is C30H27NO10. The highest BCUT2D eigenvalue weighted by Gasteiger charge is 2.37. The lowest BCUT2D eigenvalue weighted by molar-refractivity contribution is -0.140. The van der Waals surface area contributed by atoms with E-state index >= 15 is 0 Å². The summed E-state index contributed by atoms with van der Waals surface area (Å²) in [5, 5.41) is 33.9. The van der Waals surface area contributed by atoms with Crippen LogP contribution in [-0.2, 0) is 20.9 Å². The predicted octanol–water partition coefficient (Wildman–Crippen LogP) is 4.14. The lowest BCUT2D eigenvalue weighted by Crippen LogP contribution is -2.19. The normalized spacial score (nSPS) is 15.0. The van der Waals surface area contributed by atoms with Gasteiger partial charge in [-0.25, -0.2) is 0 Å². The van der Waals surface area contributed by atoms with Gasteiger partial charge in [-0.05, 0) is 38.1 Å². The van der Waals surface area contributed by atoms with E-state index in [9.17, 15) is 29.7 Å². The lowest BCUT2D eigenvalue weighted by Gasteiger charge is -2.24. The molecule has 2 atom stereocenters. The van der Waals surface area contributed by atoms with E-state index in [2.05, 4.69) is 4.98 Å². The fraction of sp³-hybridized carbons (Fsp3) is 0.267. The molecule has 1 aliphatic rings. The minimum atomic E-state index is -1.30. The number of benzene rings is 2. The Morgan fingerprint density at radius 3 is 2.56 bits per heavy atom. The van der Waals surface area contributed by atoms with Gasteiger partial charge in [-0.2, -0.15) is 0 Å². The summed E-state index contributed by atoms with van der Waals surface area (Å²) < 4.78 is 21.7. The number of hydrogen-bond donors (Lipinski definition) is 3. The Hall–Kier alpha value is -4.90. The summed E-state index contributed by atoms with van der Waals surface area (Å²) in [6.07, 6.45) is 1.16. The smallest absolute Gasteiger partial charge is 0.306 e. The molecule has 0 bridgehead atoms. The molecule has 0 amide bonds. The Morgan fingerprint density at radius 2 is 1.88 bits per heavy atom. The Morgan fingerprint density at radius 1 is 1.12 bits per heavy atom. The molecule has 0 spiro atoms. The summed E-state index contributed by atoms with van der Waals surface area (Å²) in [7, 11) is 2.60. The number of aryl methyl sites for hydroxylation is 1. The molecule has 212 valence electrons. The van der Waals surface area contributed by atoms with Gasteiger partial charge in [0.15, 0.2) is 11.2 Å². The van der Waals surface area contributed by atoms with Crippen LogP contribution < -0.4 is 10.2 Å². The maximum absolute atomic E-state index is 13.7. The molecule has 0 radical (unpaired) electrons. The van der Waals surface area contributed by atoms with Crippen LogP contribution in [0.2, 0.25) is 0 Å². The first-order valence-corrected chi connectivity index (χ1v) is 12.6. The minimum Gasteiger partial charge on any atom is -0.507 e. The fourth-order valence-electron chi connectivity index (χ4n) is 5.18. The van der Waals surface area contributed by atoms with Gasteiger partial charge in [0.05, 0.1) is 50.2 Å². The second-order valence-electron chi connectivity index (χ2n) is 9.72. The number of methoxy groups -OCH3 is 2. The van der Waals surface area contributed by atoms with E-state index in [-0.39, 0.29) is 45.6 Å². The van der Waals surface area contributed by atoms with Crippen molar-refractivity contribution in [1.29, 1.82) is 0 Å². The van der Waals surface area contributed by atoms with Crippen molar-refractivity contribution >= 4 is 22.7 Å². The first-order valence-electron chi connectivity index (χ1n) is 12.6. The molecule has 1 aliphatic heterocycles. The van der Waals surface area contributed by atoms with E-state index in [0.29, 0.717) is 22.6 Å². The molecule has 3 heterocycles. The summed E-state index contributed by atoms with van der Waals surface area (Å²) in [6, 6.07) is 5.91. The van der Waals surface area contributed by atoms with Crippen LogP contribution in [0.15, 0.2) is 45.9 Å². The van der Waals surface area contributed by atoms with Gasteiger partial charge >= 0.3 is 5.97 Å². The topological polar surface area (TPSA) is 166 Å². The SMILES string of the molecule is COC(=O)C[C@@H](c1c(O)c(C(C)=O)cc([C@H]2OCc3cnc(C)c(O)c32)c1O)c1coc2ccc(OC)cc2c1=O. The Labute approximate surface area is 233 Å². The summed E-state index contributed by atoms with van der Waals surface area (Å²) in [5.41, 5.74) is 0.470. The molecule has 0 unspecified atom stereocenters. The molecule has 0 aliphatic carbocycles. The number of esters is 1. The third-order valence-electron chi connectivity index (χ3n) is 7.35. The third-order valence-corrected chi connectivity index (χ3v) is 7.35. The number of nitrogens with zero attached hydrogens (tertiary/aromatic N) is 1. The van der Waals surface area contributed by atoms with Crippen LogP contribution in [0.5, 0.6) is 23.0 Å². The molecule has 41 heavy (non-hydrogen) atoms. The number of phenols is 2. The molecule has 3 N–H and O–H groups in total. The van der Waals surface area contributed by atoms with Crippen molar-refractivity contribution in [2.75, 3.05) is 14.2 Å². The van der Waals surface area contributed by atoms with Gasteiger partial charge in [0.1, 0.15) is 34.7 Å². The number of rotatable bonds is 7. The number of Topliss-reactive ketones (excluding diaryl/α,β-unsaturated/α-hetero) is 1. The standard InChI is InChI=1S/C30H27NO10/c1-13-26(34)24-15(10-31-13)11-41-30(24)20-8-17(14(2)32)28(36)25(29(20)37)18(9-23(33)39-4)21-12-40-22-6-5-16(38-3)7-19(22)27(21)35/h5-8,10,12,18,30,34,36-37H,9,11H2,1-4H3/t18-,30-/m1/s1. The summed E-state index contributed by atoms with van der Waals surface area (Å²) in [6.45, 7) is 2.89. The number of aromatic hydroxyl groups is 3. The molecule has 5 rings (SSSR count). The molecular weight excluding hydrogens is 534 g/mol. The van der Waals surface area contributed by atoms with Crippen molar-refractivity contribution < 1.29 is 43.5 Å². The highest BCUT2D eigenvalue weighted by Crippen LogP contribution is 2.50. The molecule has 11 heteroatoms. The zero-order valence-corrected chi connectivity index (χ0v) is 22.7. The summed E-state index contributed by atoms with van der Waals surface area (Å²) >= 11 is 0. The number of aromatic nitrogens is 1. The lowest BCUT2D eigenvalue weighted by atomic mass is 9.83. The van der Waals surface area contributed by atoms with Crippen LogP contribution in [0.3, 0.4) is 0 Å². The molecule has 2 aromatic carbocycles. The van der Waals surface area contributed by atoms with Crippen molar-refractivity contribution in [1.82, 2.24) is 4.98 Å². The van der Waals surface area contributed by atoms with Crippen molar-refractivity contribution in [2.24, 2.45) is 0 Å². The van der Waals surface area contributed by atoms with Gasteiger partial charge in [0, 0.05) is 39.9 Å². The quantitative estimate of drug-likeness (QED) is 0.219. The number of fused-ring (bicyclic) bond motifs is 2. The third kappa shape index (κ3) is 4.63. The largest absolute Gasteiger partial charge is 0.507 e. The average molecular weight is 562 g/mol. The molecule has 4 aromatic rings. The first-order chi connectivity index (χ1) is 19.6. The van der Waals surface area contributed by atoms with E-state index in [1.807, 2.05) is 0 Å². The summed E-state index contributed by atoms with van der Waals surface area (Å²) in [5.74, 6) is -3.51. The number of pyridine rings is 1. The zero-order valence-electron chi connectivity index (χ0n) is 22.7. The molecule has 2 aromatic heterocycles. The Bertz CT molecular complexity index is 1770. The van der Waals surface area contributed by atoms with E-state index in [4.69, 9.17) is 18.6 Å². The van der Waals surface area contributed by atoms with E-state index in [1.54, 1.807) is 25.3 Å². The highest BCUT2D eigenvalue weighted by atomic mass is 16.5. The van der Waals surface area contributed by atoms with E-state index in [1.165, 1.54) is 26.2 Å². The highest BCUT2D eigenvalue weighted by molar-refractivity contribution is 5.98. The molecule has 0 fully saturated rings.